The standard InChI is InChI=1S/C57H37N5/c1-5-18-38(19-6-1)42-32-33-52(47(35-42)39-20-7-2-8-21-39)62-51-31-16-14-29-46(51)49-36-53-48(37-54(49)62)45-28-13-15-30-50(45)61(53)44-27-17-26-43(34-44)57-59-55(40-22-9-3-10-23-40)58-56(60-57)41-24-11-4-12-25-41/h1-37H. The van der Waals surface area contributed by atoms with Crippen molar-refractivity contribution in [3.05, 3.63) is 224 Å². The monoisotopic (exact) mass is 791 g/mol. The minimum absolute atomic E-state index is 0.623. The summed E-state index contributed by atoms with van der Waals surface area (Å²) < 4.78 is 4.85. The molecule has 3 heterocycles. The zero-order valence-corrected chi connectivity index (χ0v) is 33.6. The number of rotatable bonds is 7. The van der Waals surface area contributed by atoms with Gasteiger partial charge in [0.2, 0.25) is 0 Å². The number of fused-ring (bicyclic) bond motifs is 6. The highest BCUT2D eigenvalue weighted by Crippen LogP contribution is 2.42. The number of nitrogens with zero attached hydrogens (tertiary/aromatic N) is 5. The van der Waals surface area contributed by atoms with Gasteiger partial charge in [0.15, 0.2) is 17.5 Å². The van der Waals surface area contributed by atoms with E-state index in [1.165, 1.54) is 43.8 Å². The average molecular weight is 792 g/mol. The Morgan fingerprint density at radius 3 is 1.29 bits per heavy atom. The molecule has 0 bridgehead atoms. The molecule has 12 aromatic rings. The van der Waals surface area contributed by atoms with Gasteiger partial charge in [-0.3, -0.25) is 0 Å². The minimum atomic E-state index is 0.623. The second kappa shape index (κ2) is 14.7. The third-order valence-corrected chi connectivity index (χ3v) is 12.0. The molecule has 0 amide bonds. The van der Waals surface area contributed by atoms with Gasteiger partial charge in [0.25, 0.3) is 0 Å². The van der Waals surface area contributed by atoms with Gasteiger partial charge in [0.05, 0.1) is 27.8 Å². The van der Waals surface area contributed by atoms with E-state index in [2.05, 4.69) is 173 Å². The van der Waals surface area contributed by atoms with Crippen LogP contribution in [0.5, 0.6) is 0 Å². The molecule has 0 saturated carbocycles. The van der Waals surface area contributed by atoms with Crippen LogP contribution in [0.15, 0.2) is 224 Å². The Morgan fingerprint density at radius 2 is 0.710 bits per heavy atom. The Labute approximate surface area is 358 Å². The summed E-state index contributed by atoms with van der Waals surface area (Å²) in [4.78, 5) is 15.1. The maximum Gasteiger partial charge on any atom is 0.164 e. The van der Waals surface area contributed by atoms with E-state index in [9.17, 15) is 0 Å². The molecule has 0 radical (unpaired) electrons. The van der Waals surface area contributed by atoms with Gasteiger partial charge in [0, 0.05) is 49.5 Å². The lowest BCUT2D eigenvalue weighted by Crippen LogP contribution is -2.01. The molecule has 0 unspecified atom stereocenters. The van der Waals surface area contributed by atoms with Crippen LogP contribution in [0.4, 0.5) is 0 Å². The number of para-hydroxylation sites is 2. The van der Waals surface area contributed by atoms with E-state index in [-0.39, 0.29) is 0 Å². The fourth-order valence-corrected chi connectivity index (χ4v) is 9.08. The molecule has 12 rings (SSSR count). The van der Waals surface area contributed by atoms with Gasteiger partial charge in [0.1, 0.15) is 0 Å². The third-order valence-electron chi connectivity index (χ3n) is 12.0. The molecule has 5 heteroatoms. The van der Waals surface area contributed by atoms with Crippen molar-refractivity contribution < 1.29 is 0 Å². The summed E-state index contributed by atoms with van der Waals surface area (Å²) in [5, 5.41) is 4.76. The normalized spacial score (nSPS) is 11.5. The first-order chi connectivity index (χ1) is 30.7. The Hall–Kier alpha value is -8.41. The molecule has 0 aliphatic carbocycles. The Bertz CT molecular complexity index is 3550. The maximum atomic E-state index is 5.07. The zero-order valence-electron chi connectivity index (χ0n) is 33.6. The fourth-order valence-electron chi connectivity index (χ4n) is 9.08. The van der Waals surface area contributed by atoms with E-state index in [1.807, 2.05) is 60.7 Å². The summed E-state index contributed by atoms with van der Waals surface area (Å²) in [6.07, 6.45) is 0. The van der Waals surface area contributed by atoms with Crippen molar-refractivity contribution in [2.75, 3.05) is 0 Å². The van der Waals surface area contributed by atoms with Crippen molar-refractivity contribution in [1.82, 2.24) is 24.1 Å². The molecular formula is C57H37N5. The van der Waals surface area contributed by atoms with Gasteiger partial charge in [-0.05, 0) is 65.2 Å². The van der Waals surface area contributed by atoms with E-state index < -0.39 is 0 Å². The summed E-state index contributed by atoms with van der Waals surface area (Å²) in [5.41, 5.74) is 14.3. The topological polar surface area (TPSA) is 48.5 Å². The highest BCUT2D eigenvalue weighted by Gasteiger charge is 2.21. The van der Waals surface area contributed by atoms with Crippen molar-refractivity contribution in [3.8, 4) is 67.8 Å². The maximum absolute atomic E-state index is 5.07. The first kappa shape index (κ1) is 35.5. The van der Waals surface area contributed by atoms with Crippen LogP contribution >= 0.6 is 0 Å². The largest absolute Gasteiger partial charge is 0.309 e. The lowest BCUT2D eigenvalue weighted by atomic mass is 9.97. The second-order valence-corrected chi connectivity index (χ2v) is 15.6. The first-order valence-corrected chi connectivity index (χ1v) is 20.9. The van der Waals surface area contributed by atoms with Gasteiger partial charge in [-0.1, -0.05) is 176 Å². The van der Waals surface area contributed by atoms with E-state index >= 15 is 0 Å². The minimum Gasteiger partial charge on any atom is -0.309 e. The van der Waals surface area contributed by atoms with Crippen molar-refractivity contribution in [2.24, 2.45) is 0 Å². The molecule has 0 spiro atoms. The van der Waals surface area contributed by atoms with Crippen LogP contribution in [-0.2, 0) is 0 Å². The van der Waals surface area contributed by atoms with Gasteiger partial charge < -0.3 is 9.13 Å². The molecule has 0 atom stereocenters. The Kier molecular flexibility index (Phi) is 8.42. The van der Waals surface area contributed by atoms with Gasteiger partial charge in [-0.25, -0.2) is 15.0 Å². The van der Waals surface area contributed by atoms with Crippen LogP contribution in [0.1, 0.15) is 0 Å². The van der Waals surface area contributed by atoms with Crippen molar-refractivity contribution >= 4 is 43.6 Å². The predicted octanol–water partition coefficient (Wildman–Crippen LogP) is 14.4. The smallest absolute Gasteiger partial charge is 0.164 e. The first-order valence-electron chi connectivity index (χ1n) is 20.9. The Balaban J connectivity index is 1.08. The van der Waals surface area contributed by atoms with Crippen LogP contribution in [0, 0.1) is 0 Å². The second-order valence-electron chi connectivity index (χ2n) is 15.6. The summed E-state index contributed by atoms with van der Waals surface area (Å²) in [5.74, 6) is 1.90. The molecule has 5 nitrogen and oxygen atoms in total. The van der Waals surface area contributed by atoms with Crippen molar-refractivity contribution in [1.29, 1.82) is 0 Å². The van der Waals surface area contributed by atoms with E-state index in [1.54, 1.807) is 0 Å². The number of hydrogen-bond acceptors (Lipinski definition) is 3. The van der Waals surface area contributed by atoms with Gasteiger partial charge in [-0.2, -0.15) is 0 Å². The molecule has 3 aromatic heterocycles. The highest BCUT2D eigenvalue weighted by atomic mass is 15.0. The van der Waals surface area contributed by atoms with Gasteiger partial charge in [-0.15, -0.1) is 0 Å². The zero-order chi connectivity index (χ0) is 41.0. The fraction of sp³-hybridized carbons (Fsp3) is 0. The molecule has 290 valence electrons. The highest BCUT2D eigenvalue weighted by molar-refractivity contribution is 6.19. The lowest BCUT2D eigenvalue weighted by Gasteiger charge is -2.16. The van der Waals surface area contributed by atoms with Crippen LogP contribution in [0.2, 0.25) is 0 Å². The van der Waals surface area contributed by atoms with E-state index in [0.717, 1.165) is 50.1 Å². The van der Waals surface area contributed by atoms with E-state index in [0.29, 0.717) is 17.5 Å². The molecule has 0 aliphatic heterocycles. The van der Waals surface area contributed by atoms with Crippen LogP contribution in [0.3, 0.4) is 0 Å². The lowest BCUT2D eigenvalue weighted by molar-refractivity contribution is 1.07. The molecule has 0 saturated heterocycles. The molecule has 0 fully saturated rings. The predicted molar refractivity (Wildman–Crippen MR) is 256 cm³/mol. The van der Waals surface area contributed by atoms with Crippen molar-refractivity contribution in [3.63, 3.8) is 0 Å². The quantitative estimate of drug-likeness (QED) is 0.162. The third kappa shape index (κ3) is 5.98. The summed E-state index contributed by atoms with van der Waals surface area (Å²) in [6.45, 7) is 0. The molecule has 0 aliphatic rings. The van der Waals surface area contributed by atoms with Gasteiger partial charge >= 0.3 is 0 Å². The molecular weight excluding hydrogens is 755 g/mol. The van der Waals surface area contributed by atoms with Crippen LogP contribution in [0.25, 0.3) is 111 Å². The molecule has 62 heavy (non-hydrogen) atoms. The SMILES string of the molecule is c1ccc(-c2ccc(-n3c4ccccc4c4cc5c(cc43)c3ccccc3n5-c3cccc(-c4nc(-c5ccccc5)nc(-c5ccccc5)n4)c3)c(-c3ccccc3)c2)cc1. The number of hydrogen-bond donors (Lipinski definition) is 0. The number of aromatic nitrogens is 5. The summed E-state index contributed by atoms with van der Waals surface area (Å²) in [6, 6.07) is 79.4. The average Bonchev–Trinajstić information content (AvgIpc) is 3.86. The van der Waals surface area contributed by atoms with Crippen LogP contribution < -0.4 is 0 Å². The molecule has 0 N–H and O–H groups in total. The number of benzene rings is 9. The van der Waals surface area contributed by atoms with Crippen molar-refractivity contribution in [2.45, 2.75) is 0 Å². The summed E-state index contributed by atoms with van der Waals surface area (Å²) >= 11 is 0. The molecule has 9 aromatic carbocycles. The van der Waals surface area contributed by atoms with Crippen LogP contribution in [-0.4, -0.2) is 24.1 Å². The Morgan fingerprint density at radius 1 is 0.258 bits per heavy atom. The van der Waals surface area contributed by atoms with E-state index in [4.69, 9.17) is 15.0 Å². The summed E-state index contributed by atoms with van der Waals surface area (Å²) in [7, 11) is 0.